The van der Waals surface area contributed by atoms with Crippen LogP contribution >= 0.6 is 22.9 Å². The van der Waals surface area contributed by atoms with Crippen molar-refractivity contribution in [1.29, 1.82) is 0 Å². The number of carbonyl (C=O) groups is 1. The Balaban J connectivity index is 1.76. The molecule has 0 spiro atoms. The molecule has 0 fully saturated rings. The molecule has 5 heteroatoms. The maximum Gasteiger partial charge on any atom is 0.252 e. The molecule has 0 saturated carbocycles. The summed E-state index contributed by atoms with van der Waals surface area (Å²) in [6.45, 7) is 0.349. The lowest BCUT2D eigenvalue weighted by molar-refractivity contribution is -0.117. The van der Waals surface area contributed by atoms with E-state index in [2.05, 4.69) is 10.9 Å². The minimum atomic E-state index is -0.199. The quantitative estimate of drug-likeness (QED) is 0.462. The number of terminal acetylenes is 1. The molecule has 4 aromatic rings. The molecule has 3 aromatic carbocycles. The van der Waals surface area contributed by atoms with Crippen LogP contribution < -0.4 is 4.80 Å². The van der Waals surface area contributed by atoms with Crippen molar-refractivity contribution < 1.29 is 4.79 Å². The zero-order chi connectivity index (χ0) is 18.8. The van der Waals surface area contributed by atoms with Gasteiger partial charge >= 0.3 is 0 Å². The molecule has 0 aliphatic carbocycles. The van der Waals surface area contributed by atoms with Gasteiger partial charge < -0.3 is 4.57 Å². The molecule has 132 valence electrons. The SMILES string of the molecule is C#CCn1c(=NC(=O)Cc2cccc3ccccc23)sc2cc(Cl)ccc21. The van der Waals surface area contributed by atoms with Gasteiger partial charge in [0.05, 0.1) is 23.2 Å². The third-order valence-electron chi connectivity index (χ3n) is 4.34. The summed E-state index contributed by atoms with van der Waals surface area (Å²) < 4.78 is 2.83. The molecule has 4 rings (SSSR count). The van der Waals surface area contributed by atoms with Gasteiger partial charge in [-0.05, 0) is 34.5 Å². The number of benzene rings is 3. The first-order valence-electron chi connectivity index (χ1n) is 8.42. The van der Waals surface area contributed by atoms with E-state index in [4.69, 9.17) is 18.0 Å². The second-order valence-corrected chi connectivity index (χ2v) is 7.55. The topological polar surface area (TPSA) is 34.4 Å². The number of nitrogens with zero attached hydrogens (tertiary/aromatic N) is 2. The average Bonchev–Trinajstić information content (AvgIpc) is 2.98. The lowest BCUT2D eigenvalue weighted by atomic mass is 10.0. The normalized spacial score (nSPS) is 11.8. The van der Waals surface area contributed by atoms with Gasteiger partial charge in [-0.15, -0.1) is 6.42 Å². The summed E-state index contributed by atoms with van der Waals surface area (Å²) in [6, 6.07) is 19.6. The van der Waals surface area contributed by atoms with Crippen molar-refractivity contribution in [2.45, 2.75) is 13.0 Å². The highest BCUT2D eigenvalue weighted by Crippen LogP contribution is 2.22. The van der Waals surface area contributed by atoms with Crippen molar-refractivity contribution >= 4 is 49.8 Å². The molecule has 0 atom stereocenters. The Bertz CT molecular complexity index is 1270. The van der Waals surface area contributed by atoms with Gasteiger partial charge in [-0.1, -0.05) is 71.3 Å². The minimum absolute atomic E-state index is 0.199. The van der Waals surface area contributed by atoms with Gasteiger partial charge in [0.1, 0.15) is 0 Å². The third-order valence-corrected chi connectivity index (χ3v) is 5.61. The predicted molar refractivity (Wildman–Crippen MR) is 112 cm³/mol. The molecule has 1 amide bonds. The minimum Gasteiger partial charge on any atom is -0.305 e. The first-order valence-corrected chi connectivity index (χ1v) is 9.62. The highest BCUT2D eigenvalue weighted by atomic mass is 35.5. The maximum absolute atomic E-state index is 12.7. The Labute approximate surface area is 165 Å². The molecular weight excluding hydrogens is 376 g/mol. The number of hydrogen-bond acceptors (Lipinski definition) is 2. The third kappa shape index (κ3) is 3.52. The molecule has 0 bridgehead atoms. The summed E-state index contributed by atoms with van der Waals surface area (Å²) in [5.74, 6) is 2.43. The van der Waals surface area contributed by atoms with Crippen molar-refractivity contribution in [1.82, 2.24) is 4.57 Å². The lowest BCUT2D eigenvalue weighted by Crippen LogP contribution is -2.17. The molecular formula is C22H15ClN2OS. The Kier molecular flexibility index (Phi) is 4.81. The largest absolute Gasteiger partial charge is 0.305 e. The lowest BCUT2D eigenvalue weighted by Gasteiger charge is -2.04. The zero-order valence-electron chi connectivity index (χ0n) is 14.4. The van der Waals surface area contributed by atoms with Gasteiger partial charge in [0, 0.05) is 5.02 Å². The molecule has 0 aliphatic rings. The second kappa shape index (κ2) is 7.40. The van der Waals surface area contributed by atoms with E-state index in [9.17, 15) is 4.79 Å². The zero-order valence-corrected chi connectivity index (χ0v) is 15.9. The fraction of sp³-hybridized carbons (Fsp3) is 0.0909. The summed E-state index contributed by atoms with van der Waals surface area (Å²) >= 11 is 7.50. The van der Waals surface area contributed by atoms with Gasteiger partial charge in [-0.3, -0.25) is 4.79 Å². The number of carbonyl (C=O) groups excluding carboxylic acids is 1. The number of thiazole rings is 1. The van der Waals surface area contributed by atoms with E-state index in [1.54, 1.807) is 0 Å². The molecule has 0 saturated heterocycles. The molecule has 27 heavy (non-hydrogen) atoms. The Morgan fingerprint density at radius 1 is 1.15 bits per heavy atom. The van der Waals surface area contributed by atoms with Crippen molar-refractivity contribution in [3.05, 3.63) is 76.1 Å². The van der Waals surface area contributed by atoms with Crippen molar-refractivity contribution in [3.63, 3.8) is 0 Å². The van der Waals surface area contributed by atoms with Crippen LogP contribution in [-0.4, -0.2) is 10.5 Å². The first-order chi connectivity index (χ1) is 13.2. The highest BCUT2D eigenvalue weighted by molar-refractivity contribution is 7.16. The number of halogens is 1. The highest BCUT2D eigenvalue weighted by Gasteiger charge is 2.10. The molecule has 0 aliphatic heterocycles. The number of amides is 1. The smallest absolute Gasteiger partial charge is 0.252 e. The van der Waals surface area contributed by atoms with Crippen LogP contribution in [0.15, 0.2) is 65.7 Å². The molecule has 0 radical (unpaired) electrons. The van der Waals surface area contributed by atoms with E-state index in [1.807, 2.05) is 65.2 Å². The van der Waals surface area contributed by atoms with E-state index in [0.717, 1.165) is 26.6 Å². The van der Waals surface area contributed by atoms with Crippen LogP contribution in [0.2, 0.25) is 5.02 Å². The summed E-state index contributed by atoms with van der Waals surface area (Å²) in [6.07, 6.45) is 5.75. The van der Waals surface area contributed by atoms with Crippen LogP contribution in [-0.2, 0) is 17.8 Å². The number of aromatic nitrogens is 1. The predicted octanol–water partition coefficient (Wildman–Crippen LogP) is 4.81. The van der Waals surface area contributed by atoms with E-state index in [-0.39, 0.29) is 12.3 Å². The summed E-state index contributed by atoms with van der Waals surface area (Å²) in [4.78, 5) is 17.6. The average molecular weight is 391 g/mol. The van der Waals surface area contributed by atoms with Gasteiger partial charge in [-0.2, -0.15) is 4.99 Å². The Morgan fingerprint density at radius 3 is 2.81 bits per heavy atom. The molecule has 0 N–H and O–H groups in total. The monoisotopic (exact) mass is 390 g/mol. The molecule has 3 nitrogen and oxygen atoms in total. The summed E-state index contributed by atoms with van der Waals surface area (Å²) in [7, 11) is 0. The number of fused-ring (bicyclic) bond motifs is 2. The number of rotatable bonds is 3. The molecule has 1 heterocycles. The van der Waals surface area contributed by atoms with E-state index >= 15 is 0 Å². The van der Waals surface area contributed by atoms with Crippen LogP contribution in [0.25, 0.3) is 21.0 Å². The second-order valence-electron chi connectivity index (χ2n) is 6.11. The van der Waals surface area contributed by atoms with Crippen LogP contribution in [0.3, 0.4) is 0 Å². The van der Waals surface area contributed by atoms with Crippen molar-refractivity contribution in [2.75, 3.05) is 0 Å². The summed E-state index contributed by atoms with van der Waals surface area (Å²) in [5, 5.41) is 2.83. The van der Waals surface area contributed by atoms with Crippen LogP contribution in [0.4, 0.5) is 0 Å². The maximum atomic E-state index is 12.7. The van der Waals surface area contributed by atoms with Crippen LogP contribution in [0.1, 0.15) is 5.56 Å². The number of hydrogen-bond donors (Lipinski definition) is 0. The van der Waals surface area contributed by atoms with Gasteiger partial charge in [0.2, 0.25) is 0 Å². The van der Waals surface area contributed by atoms with E-state index in [1.165, 1.54) is 11.3 Å². The van der Waals surface area contributed by atoms with E-state index in [0.29, 0.717) is 16.4 Å². The van der Waals surface area contributed by atoms with E-state index < -0.39 is 0 Å². The fourth-order valence-corrected chi connectivity index (χ4v) is 4.45. The fourth-order valence-electron chi connectivity index (χ4n) is 3.13. The Hall–Kier alpha value is -2.87. The van der Waals surface area contributed by atoms with Crippen molar-refractivity contribution in [3.8, 4) is 12.3 Å². The summed E-state index contributed by atoms with van der Waals surface area (Å²) in [5.41, 5.74) is 1.90. The van der Waals surface area contributed by atoms with Crippen molar-refractivity contribution in [2.24, 2.45) is 4.99 Å². The van der Waals surface area contributed by atoms with Crippen LogP contribution in [0.5, 0.6) is 0 Å². The van der Waals surface area contributed by atoms with Gasteiger partial charge in [-0.25, -0.2) is 0 Å². The van der Waals surface area contributed by atoms with Gasteiger partial charge in [0.25, 0.3) is 5.91 Å². The standard InChI is InChI=1S/C22H15ClN2OS/c1-2-12-25-19-11-10-17(23)14-20(19)27-22(25)24-21(26)13-16-8-5-7-15-6-3-4-9-18(15)16/h1,3-11,14H,12-13H2. The molecule has 1 aromatic heterocycles. The van der Waals surface area contributed by atoms with Crippen LogP contribution in [0, 0.1) is 12.3 Å². The molecule has 0 unspecified atom stereocenters. The van der Waals surface area contributed by atoms with Gasteiger partial charge in [0.15, 0.2) is 4.80 Å². The Morgan fingerprint density at radius 2 is 1.96 bits per heavy atom. The first kappa shape index (κ1) is 17.5.